The predicted molar refractivity (Wildman–Crippen MR) is 63.6 cm³/mol. The normalized spacial score (nSPS) is 17.8. The quantitative estimate of drug-likeness (QED) is 0.822. The van der Waals surface area contributed by atoms with Gasteiger partial charge >= 0.3 is 0 Å². The average molecular weight is 227 g/mol. The number of aryl methyl sites for hydroxylation is 1. The van der Waals surface area contributed by atoms with Gasteiger partial charge in [0.05, 0.1) is 6.04 Å². The van der Waals surface area contributed by atoms with E-state index in [2.05, 4.69) is 27.6 Å². The lowest BCUT2D eigenvalue weighted by Gasteiger charge is -2.13. The molecule has 0 bridgehead atoms. The van der Waals surface area contributed by atoms with E-state index in [0.29, 0.717) is 5.69 Å². The number of carbonyl (C=O) groups excluding carboxylic acids is 1. The zero-order valence-corrected chi connectivity index (χ0v) is 9.31. The fourth-order valence-corrected chi connectivity index (χ4v) is 2.33. The molecule has 0 spiro atoms. The van der Waals surface area contributed by atoms with Crippen LogP contribution in [0.3, 0.4) is 0 Å². The van der Waals surface area contributed by atoms with Gasteiger partial charge in [-0.2, -0.15) is 5.10 Å². The van der Waals surface area contributed by atoms with Gasteiger partial charge in [-0.25, -0.2) is 0 Å². The van der Waals surface area contributed by atoms with Crippen LogP contribution in [0.1, 0.15) is 34.1 Å². The van der Waals surface area contributed by atoms with Gasteiger partial charge in [0.25, 0.3) is 5.91 Å². The van der Waals surface area contributed by atoms with Crippen LogP contribution in [0.15, 0.2) is 36.5 Å². The Kier molecular flexibility index (Phi) is 2.40. The molecule has 0 radical (unpaired) electrons. The highest BCUT2D eigenvalue weighted by Crippen LogP contribution is 2.30. The summed E-state index contributed by atoms with van der Waals surface area (Å²) in [4.78, 5) is 11.9. The van der Waals surface area contributed by atoms with E-state index in [9.17, 15) is 4.79 Å². The van der Waals surface area contributed by atoms with Crippen molar-refractivity contribution >= 4 is 5.91 Å². The molecule has 3 rings (SSSR count). The fourth-order valence-electron chi connectivity index (χ4n) is 2.33. The molecular weight excluding hydrogens is 214 g/mol. The van der Waals surface area contributed by atoms with Crippen LogP contribution in [-0.2, 0) is 6.42 Å². The molecule has 0 fully saturated rings. The average Bonchev–Trinajstić information content (AvgIpc) is 2.98. The summed E-state index contributed by atoms with van der Waals surface area (Å²) in [5.74, 6) is -0.0933. The Labute approximate surface area is 99.1 Å². The number of hydrogen-bond acceptors (Lipinski definition) is 2. The predicted octanol–water partition coefficient (Wildman–Crippen LogP) is 1.83. The highest BCUT2D eigenvalue weighted by molar-refractivity contribution is 5.92. The van der Waals surface area contributed by atoms with Crippen LogP contribution in [0.25, 0.3) is 0 Å². The first-order valence-corrected chi connectivity index (χ1v) is 5.72. The fraction of sp³-hybridized carbons (Fsp3) is 0.231. The molecule has 1 aliphatic rings. The summed E-state index contributed by atoms with van der Waals surface area (Å²) in [5, 5.41) is 9.48. The van der Waals surface area contributed by atoms with Gasteiger partial charge in [0.1, 0.15) is 5.69 Å². The second kappa shape index (κ2) is 4.05. The Balaban J connectivity index is 1.78. The lowest BCUT2D eigenvalue weighted by atomic mass is 10.1. The van der Waals surface area contributed by atoms with Crippen LogP contribution >= 0.6 is 0 Å². The maximum atomic E-state index is 11.9. The SMILES string of the molecule is O=C(N[C@H]1CCc2ccccc21)c1ccn[nH]1. The molecule has 2 aromatic rings. The number of benzene rings is 1. The number of rotatable bonds is 2. The molecule has 2 N–H and O–H groups in total. The highest BCUT2D eigenvalue weighted by atomic mass is 16.2. The third kappa shape index (κ3) is 1.82. The van der Waals surface area contributed by atoms with Crippen molar-refractivity contribution in [3.63, 3.8) is 0 Å². The third-order valence-electron chi connectivity index (χ3n) is 3.18. The van der Waals surface area contributed by atoms with Gasteiger partial charge in [-0.1, -0.05) is 24.3 Å². The minimum atomic E-state index is -0.0933. The van der Waals surface area contributed by atoms with E-state index in [-0.39, 0.29) is 11.9 Å². The third-order valence-corrected chi connectivity index (χ3v) is 3.18. The van der Waals surface area contributed by atoms with E-state index in [0.717, 1.165) is 12.8 Å². The second-order valence-corrected chi connectivity index (χ2v) is 4.23. The van der Waals surface area contributed by atoms with Crippen molar-refractivity contribution in [1.82, 2.24) is 15.5 Å². The van der Waals surface area contributed by atoms with Crippen molar-refractivity contribution in [3.8, 4) is 0 Å². The minimum Gasteiger partial charge on any atom is -0.344 e. The minimum absolute atomic E-state index is 0.0933. The van der Waals surface area contributed by atoms with Crippen molar-refractivity contribution in [2.24, 2.45) is 0 Å². The molecule has 86 valence electrons. The number of aromatic nitrogens is 2. The molecule has 1 aromatic carbocycles. The number of fused-ring (bicyclic) bond motifs is 1. The van der Waals surface area contributed by atoms with Crippen LogP contribution in [0.4, 0.5) is 0 Å². The van der Waals surface area contributed by atoms with Crippen molar-refractivity contribution in [1.29, 1.82) is 0 Å². The molecule has 0 unspecified atom stereocenters. The lowest BCUT2D eigenvalue weighted by Crippen LogP contribution is -2.27. The molecule has 0 saturated heterocycles. The van der Waals surface area contributed by atoms with E-state index in [1.807, 2.05) is 12.1 Å². The Morgan fingerprint density at radius 2 is 2.24 bits per heavy atom. The molecular formula is C13H13N3O. The lowest BCUT2D eigenvalue weighted by molar-refractivity contribution is 0.0931. The number of hydrogen-bond donors (Lipinski definition) is 2. The van der Waals surface area contributed by atoms with Crippen LogP contribution in [-0.4, -0.2) is 16.1 Å². The van der Waals surface area contributed by atoms with Gasteiger partial charge < -0.3 is 5.32 Å². The summed E-state index contributed by atoms with van der Waals surface area (Å²) in [6, 6.07) is 10.1. The molecule has 0 saturated carbocycles. The first-order valence-electron chi connectivity index (χ1n) is 5.72. The Hall–Kier alpha value is -2.10. The maximum Gasteiger partial charge on any atom is 0.269 e. The first-order chi connectivity index (χ1) is 8.34. The maximum absolute atomic E-state index is 11.9. The van der Waals surface area contributed by atoms with Crippen molar-refractivity contribution in [3.05, 3.63) is 53.3 Å². The van der Waals surface area contributed by atoms with E-state index < -0.39 is 0 Å². The monoisotopic (exact) mass is 227 g/mol. The molecule has 4 nitrogen and oxygen atoms in total. The second-order valence-electron chi connectivity index (χ2n) is 4.23. The van der Waals surface area contributed by atoms with Crippen molar-refractivity contribution in [2.75, 3.05) is 0 Å². The highest BCUT2D eigenvalue weighted by Gasteiger charge is 2.23. The summed E-state index contributed by atoms with van der Waals surface area (Å²) in [6.45, 7) is 0. The number of H-pyrrole nitrogens is 1. The topological polar surface area (TPSA) is 57.8 Å². The molecule has 1 aromatic heterocycles. The van der Waals surface area contributed by atoms with E-state index in [4.69, 9.17) is 0 Å². The smallest absolute Gasteiger partial charge is 0.269 e. The van der Waals surface area contributed by atoms with Gasteiger partial charge in [0, 0.05) is 6.20 Å². The summed E-state index contributed by atoms with van der Waals surface area (Å²) < 4.78 is 0. The molecule has 1 heterocycles. The molecule has 1 atom stereocenters. The van der Waals surface area contributed by atoms with Crippen LogP contribution in [0.2, 0.25) is 0 Å². The van der Waals surface area contributed by atoms with Gasteiger partial charge in [0.2, 0.25) is 0 Å². The molecule has 0 aliphatic heterocycles. The molecule has 1 amide bonds. The van der Waals surface area contributed by atoms with Crippen molar-refractivity contribution in [2.45, 2.75) is 18.9 Å². The summed E-state index contributed by atoms with van der Waals surface area (Å²) >= 11 is 0. The zero-order chi connectivity index (χ0) is 11.7. The number of nitrogens with zero attached hydrogens (tertiary/aromatic N) is 1. The largest absolute Gasteiger partial charge is 0.344 e. The standard InChI is InChI=1S/C13H13N3O/c17-13(12-7-8-14-16-12)15-11-6-5-9-3-1-2-4-10(9)11/h1-4,7-8,11H,5-6H2,(H,14,16)(H,15,17)/t11-/m0/s1. The Morgan fingerprint density at radius 3 is 3.06 bits per heavy atom. The van der Waals surface area contributed by atoms with Gasteiger partial charge in [-0.05, 0) is 30.0 Å². The van der Waals surface area contributed by atoms with Gasteiger partial charge in [-0.15, -0.1) is 0 Å². The van der Waals surface area contributed by atoms with Crippen LogP contribution < -0.4 is 5.32 Å². The van der Waals surface area contributed by atoms with E-state index in [1.54, 1.807) is 12.3 Å². The summed E-state index contributed by atoms with van der Waals surface area (Å²) in [7, 11) is 0. The number of nitrogens with one attached hydrogen (secondary N) is 2. The number of amides is 1. The van der Waals surface area contributed by atoms with Gasteiger partial charge in [-0.3, -0.25) is 9.89 Å². The van der Waals surface area contributed by atoms with E-state index >= 15 is 0 Å². The number of aromatic amines is 1. The van der Waals surface area contributed by atoms with Crippen molar-refractivity contribution < 1.29 is 4.79 Å². The van der Waals surface area contributed by atoms with E-state index in [1.165, 1.54) is 11.1 Å². The summed E-state index contributed by atoms with van der Waals surface area (Å²) in [5.41, 5.74) is 3.08. The Bertz CT molecular complexity index is 533. The molecule has 4 heteroatoms. The molecule has 17 heavy (non-hydrogen) atoms. The van der Waals surface area contributed by atoms with Crippen LogP contribution in [0.5, 0.6) is 0 Å². The Morgan fingerprint density at radius 1 is 1.35 bits per heavy atom. The number of carbonyl (C=O) groups is 1. The van der Waals surface area contributed by atoms with Gasteiger partial charge in [0.15, 0.2) is 0 Å². The van der Waals surface area contributed by atoms with Crippen LogP contribution in [0, 0.1) is 0 Å². The summed E-state index contributed by atoms with van der Waals surface area (Å²) in [6.07, 6.45) is 3.58. The zero-order valence-electron chi connectivity index (χ0n) is 9.31. The first kappa shape index (κ1) is 10.1. The molecule has 1 aliphatic carbocycles.